The zero-order valence-corrected chi connectivity index (χ0v) is 12.4. The van der Waals surface area contributed by atoms with Crippen molar-refractivity contribution in [2.24, 2.45) is 0 Å². The second-order valence-electron chi connectivity index (χ2n) is 4.92. The maximum atomic E-state index is 12.2. The molecule has 0 aliphatic heterocycles. The molecule has 0 aromatic heterocycles. The first-order valence-corrected chi connectivity index (χ1v) is 6.72. The van der Waals surface area contributed by atoms with Crippen LogP contribution in [0.4, 0.5) is 5.69 Å². The Morgan fingerprint density at radius 1 is 1.19 bits per heavy atom. The highest BCUT2D eigenvalue weighted by molar-refractivity contribution is 5.95. The molecule has 110 valence electrons. The van der Waals surface area contributed by atoms with E-state index in [-0.39, 0.29) is 0 Å². The summed E-state index contributed by atoms with van der Waals surface area (Å²) in [5.41, 5.74) is 3.28. The van der Waals surface area contributed by atoms with Crippen LogP contribution in [0.25, 0.3) is 0 Å². The summed E-state index contributed by atoms with van der Waals surface area (Å²) in [4.78, 5) is 12.2. The lowest BCUT2D eigenvalue weighted by molar-refractivity contribution is -0.124. The van der Waals surface area contributed by atoms with E-state index < -0.39 is 12.0 Å². The van der Waals surface area contributed by atoms with E-state index in [0.29, 0.717) is 17.0 Å². The van der Waals surface area contributed by atoms with Gasteiger partial charge in [0.25, 0.3) is 5.91 Å². The minimum atomic E-state index is -1.24. The van der Waals surface area contributed by atoms with Crippen molar-refractivity contribution >= 4 is 11.6 Å². The third-order valence-corrected chi connectivity index (χ3v) is 3.52. The average molecular weight is 285 g/mol. The van der Waals surface area contributed by atoms with E-state index in [1.54, 1.807) is 31.4 Å². The first-order valence-electron chi connectivity index (χ1n) is 6.72. The van der Waals surface area contributed by atoms with E-state index in [0.717, 1.165) is 11.1 Å². The fraction of sp³-hybridized carbons (Fsp3) is 0.235. The van der Waals surface area contributed by atoms with E-state index in [9.17, 15) is 9.90 Å². The molecule has 0 radical (unpaired) electrons. The molecule has 1 atom stereocenters. The van der Waals surface area contributed by atoms with Gasteiger partial charge in [-0.2, -0.15) is 0 Å². The van der Waals surface area contributed by atoms with Gasteiger partial charge in [-0.3, -0.25) is 4.79 Å². The minimum Gasteiger partial charge on any atom is -0.497 e. The lowest BCUT2D eigenvalue weighted by Crippen LogP contribution is -2.21. The number of ether oxygens (including phenoxy) is 1. The maximum absolute atomic E-state index is 12.2. The zero-order chi connectivity index (χ0) is 15.4. The van der Waals surface area contributed by atoms with Crippen LogP contribution in [0, 0.1) is 13.8 Å². The summed E-state index contributed by atoms with van der Waals surface area (Å²) in [5.74, 6) is 0.142. The van der Waals surface area contributed by atoms with Crippen LogP contribution < -0.4 is 10.1 Å². The number of aryl methyl sites for hydroxylation is 1. The number of aliphatic hydroxyl groups excluding tert-OH is 1. The summed E-state index contributed by atoms with van der Waals surface area (Å²) in [5, 5.41) is 12.9. The average Bonchev–Trinajstić information content (AvgIpc) is 2.51. The Balaban J connectivity index is 2.17. The third-order valence-electron chi connectivity index (χ3n) is 3.52. The molecule has 0 bridgehead atoms. The molecule has 0 spiro atoms. The molecule has 4 heteroatoms. The molecule has 2 aromatic rings. The number of carbonyl (C=O) groups excluding carboxylic acids is 1. The van der Waals surface area contributed by atoms with Crippen molar-refractivity contribution < 1.29 is 14.6 Å². The van der Waals surface area contributed by atoms with Crippen molar-refractivity contribution in [1.82, 2.24) is 0 Å². The van der Waals surface area contributed by atoms with Gasteiger partial charge in [0.2, 0.25) is 0 Å². The van der Waals surface area contributed by atoms with Gasteiger partial charge in [-0.1, -0.05) is 24.3 Å². The van der Waals surface area contributed by atoms with Crippen molar-refractivity contribution in [1.29, 1.82) is 0 Å². The first-order chi connectivity index (χ1) is 10.0. The maximum Gasteiger partial charge on any atom is 0.257 e. The second kappa shape index (κ2) is 6.41. The van der Waals surface area contributed by atoms with Crippen LogP contribution in [0.1, 0.15) is 22.8 Å². The molecule has 0 heterocycles. The van der Waals surface area contributed by atoms with Crippen LogP contribution in [0.2, 0.25) is 0 Å². The van der Waals surface area contributed by atoms with Crippen LogP contribution in [0.5, 0.6) is 5.75 Å². The molecule has 0 saturated carbocycles. The van der Waals surface area contributed by atoms with Crippen LogP contribution in [0.3, 0.4) is 0 Å². The molecule has 1 amide bonds. The van der Waals surface area contributed by atoms with Crippen molar-refractivity contribution in [3.8, 4) is 5.75 Å². The number of amides is 1. The number of nitrogens with one attached hydrogen (secondary N) is 1. The summed E-state index contributed by atoms with van der Waals surface area (Å²) >= 11 is 0. The highest BCUT2D eigenvalue weighted by atomic mass is 16.5. The number of anilines is 1. The SMILES string of the molecule is COc1cccc(C(O)C(=O)Nc2cccc(C)c2C)c1. The predicted molar refractivity (Wildman–Crippen MR) is 82.5 cm³/mol. The van der Waals surface area contributed by atoms with Crippen LogP contribution in [-0.4, -0.2) is 18.1 Å². The topological polar surface area (TPSA) is 58.6 Å². The number of aliphatic hydroxyl groups is 1. The molecular formula is C17H19NO3. The normalized spacial score (nSPS) is 11.8. The highest BCUT2D eigenvalue weighted by Crippen LogP contribution is 2.23. The van der Waals surface area contributed by atoms with Gasteiger partial charge >= 0.3 is 0 Å². The summed E-state index contributed by atoms with van der Waals surface area (Å²) in [6.07, 6.45) is -1.24. The van der Waals surface area contributed by atoms with E-state index in [1.807, 2.05) is 32.0 Å². The Kier molecular flexibility index (Phi) is 4.60. The number of rotatable bonds is 4. The Hall–Kier alpha value is -2.33. The van der Waals surface area contributed by atoms with Gasteiger partial charge in [0, 0.05) is 5.69 Å². The molecule has 4 nitrogen and oxygen atoms in total. The number of hydrogen-bond donors (Lipinski definition) is 2. The molecule has 2 aromatic carbocycles. The first kappa shape index (κ1) is 15.1. The highest BCUT2D eigenvalue weighted by Gasteiger charge is 2.18. The fourth-order valence-corrected chi connectivity index (χ4v) is 2.05. The molecular weight excluding hydrogens is 266 g/mol. The Labute approximate surface area is 124 Å². The molecule has 0 fully saturated rings. The zero-order valence-electron chi connectivity index (χ0n) is 12.4. The molecule has 0 saturated heterocycles. The number of benzene rings is 2. The Bertz CT molecular complexity index is 652. The lowest BCUT2D eigenvalue weighted by Gasteiger charge is -2.15. The van der Waals surface area contributed by atoms with Crippen molar-refractivity contribution in [3.05, 3.63) is 59.2 Å². The number of methoxy groups -OCH3 is 1. The Morgan fingerprint density at radius 3 is 2.62 bits per heavy atom. The summed E-state index contributed by atoms with van der Waals surface area (Å²) < 4.78 is 5.10. The monoisotopic (exact) mass is 285 g/mol. The number of hydrogen-bond acceptors (Lipinski definition) is 3. The van der Waals surface area contributed by atoms with Gasteiger partial charge in [-0.15, -0.1) is 0 Å². The van der Waals surface area contributed by atoms with Gasteiger partial charge in [-0.05, 0) is 48.7 Å². The lowest BCUT2D eigenvalue weighted by atomic mass is 10.1. The quantitative estimate of drug-likeness (QED) is 0.908. The molecule has 1 unspecified atom stereocenters. The van der Waals surface area contributed by atoms with E-state index >= 15 is 0 Å². The largest absolute Gasteiger partial charge is 0.497 e. The minimum absolute atomic E-state index is 0.461. The summed E-state index contributed by atoms with van der Waals surface area (Å²) in [7, 11) is 1.54. The summed E-state index contributed by atoms with van der Waals surface area (Å²) in [6, 6.07) is 12.5. The molecule has 21 heavy (non-hydrogen) atoms. The third kappa shape index (κ3) is 3.41. The van der Waals surface area contributed by atoms with Gasteiger partial charge in [-0.25, -0.2) is 0 Å². The van der Waals surface area contributed by atoms with Gasteiger partial charge in [0.1, 0.15) is 5.75 Å². The van der Waals surface area contributed by atoms with Gasteiger partial charge in [0.05, 0.1) is 7.11 Å². The van der Waals surface area contributed by atoms with Gasteiger partial charge in [0.15, 0.2) is 6.10 Å². The molecule has 2 N–H and O–H groups in total. The standard InChI is InChI=1S/C17H19NO3/c1-11-6-4-9-15(12(11)2)18-17(20)16(19)13-7-5-8-14(10-13)21-3/h4-10,16,19H,1-3H3,(H,18,20). The van der Waals surface area contributed by atoms with Crippen molar-refractivity contribution in [2.45, 2.75) is 20.0 Å². The van der Waals surface area contributed by atoms with Gasteiger partial charge < -0.3 is 15.2 Å². The van der Waals surface area contributed by atoms with Crippen molar-refractivity contribution in [2.75, 3.05) is 12.4 Å². The fourth-order valence-electron chi connectivity index (χ4n) is 2.05. The molecule has 0 aliphatic carbocycles. The van der Waals surface area contributed by atoms with E-state index in [1.165, 1.54) is 0 Å². The second-order valence-corrected chi connectivity index (χ2v) is 4.92. The Morgan fingerprint density at radius 2 is 1.90 bits per heavy atom. The van der Waals surface area contributed by atoms with E-state index in [2.05, 4.69) is 5.32 Å². The summed E-state index contributed by atoms with van der Waals surface area (Å²) in [6.45, 7) is 3.91. The molecule has 0 aliphatic rings. The predicted octanol–water partition coefficient (Wildman–Crippen LogP) is 2.98. The van der Waals surface area contributed by atoms with E-state index in [4.69, 9.17) is 4.74 Å². The number of carbonyl (C=O) groups is 1. The molecule has 2 rings (SSSR count). The van der Waals surface area contributed by atoms with Crippen LogP contribution in [0.15, 0.2) is 42.5 Å². The van der Waals surface area contributed by atoms with Crippen LogP contribution >= 0.6 is 0 Å². The smallest absolute Gasteiger partial charge is 0.257 e. The van der Waals surface area contributed by atoms with Crippen molar-refractivity contribution in [3.63, 3.8) is 0 Å². The van der Waals surface area contributed by atoms with Crippen LogP contribution in [-0.2, 0) is 4.79 Å².